The molecule has 0 aliphatic carbocycles. The molecule has 0 unspecified atom stereocenters. The monoisotopic (exact) mass is 386 g/mol. The van der Waals surface area contributed by atoms with E-state index in [1.165, 1.54) is 16.2 Å². The van der Waals surface area contributed by atoms with Crippen LogP contribution in [-0.2, 0) is 11.3 Å². The van der Waals surface area contributed by atoms with Crippen molar-refractivity contribution in [3.8, 4) is 0 Å². The standard InChI is InChI=1S/C19H26N6OS/c1-14-11-21-19(27-14)24-18-10-15(13-25-5-7-26-8-6-25)9-17(23-18)22-16-3-2-4-20-12-16/h9-11,20H,2-8,12-13H2,1H3,(H,21,23,24). The molecule has 2 N–H and O–H groups in total. The summed E-state index contributed by atoms with van der Waals surface area (Å²) in [6.45, 7) is 8.38. The van der Waals surface area contributed by atoms with E-state index in [1.807, 2.05) is 6.20 Å². The van der Waals surface area contributed by atoms with Crippen molar-refractivity contribution >= 4 is 33.8 Å². The number of anilines is 2. The van der Waals surface area contributed by atoms with E-state index in [9.17, 15) is 0 Å². The van der Waals surface area contributed by atoms with E-state index in [2.05, 4.69) is 39.6 Å². The summed E-state index contributed by atoms with van der Waals surface area (Å²) < 4.78 is 5.46. The van der Waals surface area contributed by atoms with Crippen molar-refractivity contribution < 1.29 is 4.74 Å². The summed E-state index contributed by atoms with van der Waals surface area (Å²) in [6, 6.07) is 4.21. The highest BCUT2D eigenvalue weighted by molar-refractivity contribution is 7.15. The lowest BCUT2D eigenvalue weighted by Crippen LogP contribution is -2.35. The Kier molecular flexibility index (Phi) is 6.08. The molecule has 0 saturated carbocycles. The summed E-state index contributed by atoms with van der Waals surface area (Å²) in [5.74, 6) is 1.58. The summed E-state index contributed by atoms with van der Waals surface area (Å²) in [5, 5.41) is 7.60. The van der Waals surface area contributed by atoms with Crippen LogP contribution in [0.4, 0.5) is 16.8 Å². The molecule has 2 fully saturated rings. The predicted octanol–water partition coefficient (Wildman–Crippen LogP) is 2.88. The van der Waals surface area contributed by atoms with Crippen molar-refractivity contribution in [1.82, 2.24) is 20.2 Å². The predicted molar refractivity (Wildman–Crippen MR) is 110 cm³/mol. The average molecular weight is 387 g/mol. The van der Waals surface area contributed by atoms with Crippen LogP contribution in [0.5, 0.6) is 0 Å². The van der Waals surface area contributed by atoms with Gasteiger partial charge in [-0.05, 0) is 44.0 Å². The zero-order valence-corrected chi connectivity index (χ0v) is 16.5. The first kappa shape index (κ1) is 18.5. The molecule has 0 atom stereocenters. The van der Waals surface area contributed by atoms with E-state index in [4.69, 9.17) is 14.7 Å². The van der Waals surface area contributed by atoms with Gasteiger partial charge in [0.15, 0.2) is 10.9 Å². The van der Waals surface area contributed by atoms with E-state index in [0.29, 0.717) is 0 Å². The maximum Gasteiger partial charge on any atom is 0.188 e. The Bertz CT molecular complexity index is 791. The Labute approximate surface area is 163 Å². The molecule has 2 aromatic rings. The lowest BCUT2D eigenvalue weighted by atomic mass is 10.1. The van der Waals surface area contributed by atoms with E-state index >= 15 is 0 Å². The maximum atomic E-state index is 5.46. The van der Waals surface area contributed by atoms with Gasteiger partial charge in [-0.25, -0.2) is 15.0 Å². The van der Waals surface area contributed by atoms with E-state index in [-0.39, 0.29) is 0 Å². The number of morpholine rings is 1. The summed E-state index contributed by atoms with van der Waals surface area (Å²) in [4.78, 5) is 17.5. The first-order valence-corrected chi connectivity index (χ1v) is 10.3. The molecule has 2 saturated heterocycles. The number of ether oxygens (including phenoxy) is 1. The number of rotatable bonds is 5. The summed E-state index contributed by atoms with van der Waals surface area (Å²) in [6.07, 6.45) is 4.05. The molecule has 2 aromatic heterocycles. The molecular weight excluding hydrogens is 360 g/mol. The van der Waals surface area contributed by atoms with Crippen LogP contribution in [0.1, 0.15) is 23.3 Å². The molecule has 7 nitrogen and oxygen atoms in total. The lowest BCUT2D eigenvalue weighted by Gasteiger charge is -2.26. The van der Waals surface area contributed by atoms with Gasteiger partial charge >= 0.3 is 0 Å². The zero-order chi connectivity index (χ0) is 18.5. The average Bonchev–Trinajstić information content (AvgIpc) is 3.08. The number of pyridine rings is 1. The molecule has 2 aliphatic heterocycles. The molecule has 0 aromatic carbocycles. The van der Waals surface area contributed by atoms with Gasteiger partial charge < -0.3 is 15.4 Å². The topological polar surface area (TPSA) is 74.7 Å². The van der Waals surface area contributed by atoms with E-state index in [0.717, 1.165) is 75.5 Å². The Balaban J connectivity index is 1.58. The Hall–Kier alpha value is -1.87. The first-order valence-electron chi connectivity index (χ1n) is 9.52. The minimum atomic E-state index is 0.773. The molecule has 8 heteroatoms. The number of nitrogens with one attached hydrogen (secondary N) is 2. The van der Waals surface area contributed by atoms with Crippen LogP contribution in [0.3, 0.4) is 0 Å². The minimum Gasteiger partial charge on any atom is -0.379 e. The third kappa shape index (κ3) is 5.32. The van der Waals surface area contributed by atoms with Crippen LogP contribution in [0.2, 0.25) is 0 Å². The molecule has 0 spiro atoms. The van der Waals surface area contributed by atoms with Gasteiger partial charge in [-0.1, -0.05) is 0 Å². The number of aliphatic imine (C=N–C) groups is 1. The van der Waals surface area contributed by atoms with Crippen molar-refractivity contribution in [3.63, 3.8) is 0 Å². The van der Waals surface area contributed by atoms with Gasteiger partial charge in [-0.2, -0.15) is 0 Å². The van der Waals surface area contributed by atoms with E-state index in [1.54, 1.807) is 11.3 Å². The number of hydrogen-bond donors (Lipinski definition) is 2. The molecule has 0 amide bonds. The molecule has 4 rings (SSSR count). The molecule has 0 radical (unpaired) electrons. The van der Waals surface area contributed by atoms with Gasteiger partial charge in [-0.3, -0.25) is 4.90 Å². The fourth-order valence-corrected chi connectivity index (χ4v) is 3.99. The van der Waals surface area contributed by atoms with Crippen molar-refractivity contribution in [2.75, 3.05) is 44.7 Å². The van der Waals surface area contributed by atoms with Gasteiger partial charge in [0.2, 0.25) is 0 Å². The highest BCUT2D eigenvalue weighted by atomic mass is 32.1. The number of thiazole rings is 1. The molecule has 144 valence electrons. The van der Waals surface area contributed by atoms with Crippen molar-refractivity contribution in [2.45, 2.75) is 26.3 Å². The fourth-order valence-electron chi connectivity index (χ4n) is 3.32. The van der Waals surface area contributed by atoms with Crippen LogP contribution in [0.15, 0.2) is 23.3 Å². The summed E-state index contributed by atoms with van der Waals surface area (Å²) in [7, 11) is 0. The Morgan fingerprint density at radius 1 is 1.33 bits per heavy atom. The first-order chi connectivity index (χ1) is 13.2. The second kappa shape index (κ2) is 8.88. The summed E-state index contributed by atoms with van der Waals surface area (Å²) >= 11 is 1.63. The second-order valence-electron chi connectivity index (χ2n) is 6.97. The van der Waals surface area contributed by atoms with Crippen LogP contribution in [0.25, 0.3) is 0 Å². The largest absolute Gasteiger partial charge is 0.379 e. The minimum absolute atomic E-state index is 0.773. The van der Waals surface area contributed by atoms with Crippen LogP contribution in [-0.4, -0.2) is 60.0 Å². The van der Waals surface area contributed by atoms with E-state index < -0.39 is 0 Å². The van der Waals surface area contributed by atoms with Gasteiger partial charge in [0, 0.05) is 43.0 Å². The number of piperidine rings is 1. The fraction of sp³-hybridized carbons (Fsp3) is 0.526. The van der Waals surface area contributed by atoms with Crippen LogP contribution in [0, 0.1) is 6.92 Å². The molecule has 0 bridgehead atoms. The highest BCUT2D eigenvalue weighted by Gasteiger charge is 2.13. The van der Waals surface area contributed by atoms with Crippen molar-refractivity contribution in [3.05, 3.63) is 28.8 Å². The van der Waals surface area contributed by atoms with Crippen LogP contribution >= 0.6 is 11.3 Å². The van der Waals surface area contributed by atoms with Crippen LogP contribution < -0.4 is 10.6 Å². The number of aryl methyl sites for hydroxylation is 1. The lowest BCUT2D eigenvalue weighted by molar-refractivity contribution is 0.0342. The highest BCUT2D eigenvalue weighted by Crippen LogP contribution is 2.25. The second-order valence-corrected chi connectivity index (χ2v) is 8.20. The van der Waals surface area contributed by atoms with Gasteiger partial charge in [0.25, 0.3) is 0 Å². The number of hydrogen-bond acceptors (Lipinski definition) is 8. The zero-order valence-electron chi connectivity index (χ0n) is 15.7. The molecule has 2 aliphatic rings. The molecule has 4 heterocycles. The third-order valence-electron chi connectivity index (χ3n) is 4.66. The number of nitrogens with zero attached hydrogens (tertiary/aromatic N) is 4. The van der Waals surface area contributed by atoms with Gasteiger partial charge in [0.1, 0.15) is 5.82 Å². The SMILES string of the molecule is Cc1cnc(Nc2cc(CN3CCOCC3)cc(N=C3CCCNC3)n2)s1. The number of aromatic nitrogens is 2. The van der Waals surface area contributed by atoms with Crippen molar-refractivity contribution in [2.24, 2.45) is 4.99 Å². The van der Waals surface area contributed by atoms with Gasteiger partial charge in [0.05, 0.1) is 13.2 Å². The molecule has 27 heavy (non-hydrogen) atoms. The normalized spacial score (nSPS) is 20.1. The quantitative estimate of drug-likeness (QED) is 0.823. The van der Waals surface area contributed by atoms with Crippen molar-refractivity contribution in [1.29, 1.82) is 0 Å². The third-order valence-corrected chi connectivity index (χ3v) is 5.49. The smallest absolute Gasteiger partial charge is 0.188 e. The molecular formula is C19H26N6OS. The van der Waals surface area contributed by atoms with Gasteiger partial charge in [-0.15, -0.1) is 11.3 Å². The Morgan fingerprint density at radius 2 is 2.22 bits per heavy atom. The maximum absolute atomic E-state index is 5.46. The summed E-state index contributed by atoms with van der Waals surface area (Å²) in [5.41, 5.74) is 2.39. The Morgan fingerprint density at radius 3 is 2.96 bits per heavy atom.